The van der Waals surface area contributed by atoms with Crippen molar-refractivity contribution < 1.29 is 16.8 Å². The highest BCUT2D eigenvalue weighted by atomic mass is 32.2. The second kappa shape index (κ2) is 9.60. The van der Waals surface area contributed by atoms with E-state index >= 15 is 0 Å². The second-order valence-electron chi connectivity index (χ2n) is 5.76. The van der Waals surface area contributed by atoms with Crippen LogP contribution in [0.4, 0.5) is 5.69 Å². The van der Waals surface area contributed by atoms with Crippen LogP contribution >= 0.6 is 11.8 Å². The maximum atomic E-state index is 12.7. The molecule has 0 saturated carbocycles. The number of benzene rings is 2. The molecule has 0 spiro atoms. The van der Waals surface area contributed by atoms with Gasteiger partial charge < -0.3 is 0 Å². The molecule has 28 heavy (non-hydrogen) atoms. The first-order valence-electron chi connectivity index (χ1n) is 8.72. The number of hydrogen-bond acceptors (Lipinski definition) is 5. The van der Waals surface area contributed by atoms with Crippen LogP contribution in [0.1, 0.15) is 13.8 Å². The van der Waals surface area contributed by atoms with E-state index in [-0.39, 0.29) is 9.79 Å². The maximum absolute atomic E-state index is 12.7. The predicted molar refractivity (Wildman–Crippen MR) is 115 cm³/mol. The molecule has 0 unspecified atom stereocenters. The van der Waals surface area contributed by atoms with Crippen molar-refractivity contribution in [2.75, 3.05) is 23.6 Å². The third-order valence-corrected chi connectivity index (χ3v) is 8.48. The molecule has 2 aromatic rings. The lowest BCUT2D eigenvalue weighted by molar-refractivity contribution is 0.445. The molecule has 0 aliphatic carbocycles. The molecule has 0 aromatic heterocycles. The first-order chi connectivity index (χ1) is 13.3. The number of nitrogens with zero attached hydrogens (tertiary/aromatic N) is 1. The Morgan fingerprint density at radius 1 is 0.964 bits per heavy atom. The predicted octanol–water partition coefficient (Wildman–Crippen LogP) is 3.80. The van der Waals surface area contributed by atoms with Crippen LogP contribution in [-0.4, -0.2) is 40.0 Å². The average molecular weight is 441 g/mol. The molecule has 9 heteroatoms. The topological polar surface area (TPSA) is 83.5 Å². The van der Waals surface area contributed by atoms with E-state index in [1.165, 1.54) is 40.3 Å². The van der Waals surface area contributed by atoms with Gasteiger partial charge >= 0.3 is 0 Å². The van der Waals surface area contributed by atoms with E-state index in [2.05, 4.69) is 11.3 Å². The van der Waals surface area contributed by atoms with E-state index in [1.807, 2.05) is 12.1 Å². The van der Waals surface area contributed by atoms with Crippen molar-refractivity contribution in [3.8, 4) is 0 Å². The van der Waals surface area contributed by atoms with Crippen LogP contribution in [-0.2, 0) is 20.0 Å². The molecule has 0 amide bonds. The van der Waals surface area contributed by atoms with Gasteiger partial charge in [0.25, 0.3) is 10.0 Å². The van der Waals surface area contributed by atoms with Crippen molar-refractivity contribution in [3.05, 3.63) is 61.2 Å². The Kier molecular flexibility index (Phi) is 7.70. The standard InChI is InChI=1S/C19H24N2O4S3/c1-4-15-26-19-10-8-7-9-18(19)20-27(22,23)16-11-13-17(14-12-16)28(24,25)21(5-2)6-3/h4,7-14,20H,1,5-6,15H2,2-3H3. The summed E-state index contributed by atoms with van der Waals surface area (Å²) in [5, 5.41) is 0. The lowest BCUT2D eigenvalue weighted by Crippen LogP contribution is -2.30. The molecular formula is C19H24N2O4S3. The molecule has 0 heterocycles. The Bertz CT molecular complexity index is 1010. The Balaban J connectivity index is 2.30. The summed E-state index contributed by atoms with van der Waals surface area (Å²) in [6.07, 6.45) is 1.74. The largest absolute Gasteiger partial charge is 0.278 e. The molecule has 0 fully saturated rings. The SMILES string of the molecule is C=CCSc1ccccc1NS(=O)(=O)c1ccc(S(=O)(=O)N(CC)CC)cc1. The highest BCUT2D eigenvalue weighted by Crippen LogP contribution is 2.29. The minimum absolute atomic E-state index is 0.00507. The zero-order chi connectivity index (χ0) is 20.8. The zero-order valence-corrected chi connectivity index (χ0v) is 18.3. The van der Waals surface area contributed by atoms with Gasteiger partial charge in [-0.25, -0.2) is 16.8 Å². The Morgan fingerprint density at radius 2 is 1.54 bits per heavy atom. The number of anilines is 1. The highest BCUT2D eigenvalue weighted by molar-refractivity contribution is 7.99. The fourth-order valence-corrected chi connectivity index (χ4v) is 5.88. The number of sulfonamides is 2. The van der Waals surface area contributed by atoms with Crippen LogP contribution in [0.5, 0.6) is 0 Å². The summed E-state index contributed by atoms with van der Waals surface area (Å²) in [6.45, 7) is 7.87. The van der Waals surface area contributed by atoms with Crippen LogP contribution in [0.25, 0.3) is 0 Å². The number of hydrogen-bond donors (Lipinski definition) is 1. The van der Waals surface area contributed by atoms with Gasteiger partial charge in [-0.15, -0.1) is 18.3 Å². The van der Waals surface area contributed by atoms with Gasteiger partial charge in [0.1, 0.15) is 0 Å². The molecule has 152 valence electrons. The third kappa shape index (κ3) is 5.16. The van der Waals surface area contributed by atoms with Gasteiger partial charge in [-0.05, 0) is 36.4 Å². The highest BCUT2D eigenvalue weighted by Gasteiger charge is 2.23. The van der Waals surface area contributed by atoms with E-state index in [9.17, 15) is 16.8 Å². The number of nitrogens with one attached hydrogen (secondary N) is 1. The molecule has 0 radical (unpaired) electrons. The van der Waals surface area contributed by atoms with Gasteiger partial charge in [-0.3, -0.25) is 4.72 Å². The molecule has 0 bridgehead atoms. The monoisotopic (exact) mass is 440 g/mol. The fourth-order valence-electron chi connectivity index (χ4n) is 2.53. The smallest absolute Gasteiger partial charge is 0.261 e. The lowest BCUT2D eigenvalue weighted by Gasteiger charge is -2.18. The maximum Gasteiger partial charge on any atom is 0.261 e. The number of para-hydroxylation sites is 1. The van der Waals surface area contributed by atoms with Crippen molar-refractivity contribution >= 4 is 37.5 Å². The summed E-state index contributed by atoms with van der Waals surface area (Å²) in [5.41, 5.74) is 0.467. The first kappa shape index (κ1) is 22.5. The quantitative estimate of drug-likeness (QED) is 0.449. The van der Waals surface area contributed by atoms with Crippen molar-refractivity contribution in [1.82, 2.24) is 4.31 Å². The molecule has 0 aliphatic heterocycles. The van der Waals surface area contributed by atoms with Crippen LogP contribution in [0, 0.1) is 0 Å². The summed E-state index contributed by atoms with van der Waals surface area (Å²) in [5.74, 6) is 0.649. The van der Waals surface area contributed by atoms with E-state index in [1.54, 1.807) is 32.1 Å². The first-order valence-corrected chi connectivity index (χ1v) is 12.6. The van der Waals surface area contributed by atoms with Crippen molar-refractivity contribution in [3.63, 3.8) is 0 Å². The summed E-state index contributed by atoms with van der Waals surface area (Å²) in [4.78, 5) is 0.846. The molecule has 6 nitrogen and oxygen atoms in total. The summed E-state index contributed by atoms with van der Waals surface area (Å²) >= 11 is 1.47. The van der Waals surface area contributed by atoms with E-state index in [0.717, 1.165) is 4.90 Å². The van der Waals surface area contributed by atoms with E-state index < -0.39 is 20.0 Å². The lowest BCUT2D eigenvalue weighted by atomic mass is 10.3. The van der Waals surface area contributed by atoms with Gasteiger partial charge in [0.15, 0.2) is 0 Å². The van der Waals surface area contributed by atoms with Crippen LogP contribution in [0.15, 0.2) is 75.9 Å². The molecule has 0 aliphatic rings. The van der Waals surface area contributed by atoms with Gasteiger partial charge in [0, 0.05) is 23.7 Å². The number of thioether (sulfide) groups is 1. The average Bonchev–Trinajstić information content (AvgIpc) is 2.68. The van der Waals surface area contributed by atoms with Crippen LogP contribution < -0.4 is 4.72 Å². The Hall–Kier alpha value is -1.81. The summed E-state index contributed by atoms with van der Waals surface area (Å²) < 4.78 is 54.4. The third-order valence-electron chi connectivity index (χ3n) is 3.97. The summed E-state index contributed by atoms with van der Waals surface area (Å²) in [6, 6.07) is 12.3. The normalized spacial score (nSPS) is 12.1. The number of rotatable bonds is 10. The van der Waals surface area contributed by atoms with Gasteiger partial charge in [-0.1, -0.05) is 32.1 Å². The van der Waals surface area contributed by atoms with Gasteiger partial charge in [0.05, 0.1) is 15.5 Å². The van der Waals surface area contributed by atoms with Gasteiger partial charge in [-0.2, -0.15) is 4.31 Å². The van der Waals surface area contributed by atoms with Crippen LogP contribution in [0.3, 0.4) is 0 Å². The van der Waals surface area contributed by atoms with Crippen molar-refractivity contribution in [2.45, 2.75) is 28.5 Å². The Morgan fingerprint density at radius 3 is 2.11 bits per heavy atom. The molecule has 2 rings (SSSR count). The van der Waals surface area contributed by atoms with E-state index in [4.69, 9.17) is 0 Å². The minimum atomic E-state index is -3.85. The molecule has 2 aromatic carbocycles. The van der Waals surface area contributed by atoms with Crippen molar-refractivity contribution in [1.29, 1.82) is 0 Å². The Labute approximate surface area is 171 Å². The van der Waals surface area contributed by atoms with Crippen LogP contribution in [0.2, 0.25) is 0 Å². The summed E-state index contributed by atoms with van der Waals surface area (Å²) in [7, 11) is -7.49. The van der Waals surface area contributed by atoms with E-state index in [0.29, 0.717) is 24.5 Å². The zero-order valence-electron chi connectivity index (χ0n) is 15.8. The second-order valence-corrected chi connectivity index (χ2v) is 10.4. The molecular weight excluding hydrogens is 416 g/mol. The minimum Gasteiger partial charge on any atom is -0.278 e. The molecule has 0 saturated heterocycles. The fraction of sp³-hybridized carbons (Fsp3) is 0.263. The molecule has 1 N–H and O–H groups in total. The molecule has 0 atom stereocenters. The van der Waals surface area contributed by atoms with Gasteiger partial charge in [0.2, 0.25) is 10.0 Å². The van der Waals surface area contributed by atoms with Crippen molar-refractivity contribution in [2.24, 2.45) is 0 Å².